The first-order chi connectivity index (χ1) is 8.79. The molecule has 1 aliphatic heterocycles. The van der Waals surface area contributed by atoms with Crippen LogP contribution in [-0.2, 0) is 11.3 Å². The van der Waals surface area contributed by atoms with E-state index in [4.69, 9.17) is 10.5 Å². The van der Waals surface area contributed by atoms with E-state index in [1.807, 2.05) is 18.2 Å². The number of hydrogen-bond acceptors (Lipinski definition) is 2. The van der Waals surface area contributed by atoms with Crippen molar-refractivity contribution in [3.8, 4) is 0 Å². The summed E-state index contributed by atoms with van der Waals surface area (Å²) in [6, 6.07) is 10.3. The third-order valence-corrected chi connectivity index (χ3v) is 3.30. The maximum Gasteiger partial charge on any atom is 0.190 e. The lowest BCUT2D eigenvalue weighted by atomic mass is 10.1. The lowest BCUT2D eigenvalue weighted by Gasteiger charge is -2.16. The van der Waals surface area contributed by atoms with E-state index < -0.39 is 0 Å². The zero-order valence-corrected chi connectivity index (χ0v) is 13.6. The van der Waals surface area contributed by atoms with Gasteiger partial charge in [-0.05, 0) is 12.0 Å². The fraction of sp³-hybridized carbons (Fsp3) is 0.500. The molecule has 0 aliphatic carbocycles. The van der Waals surface area contributed by atoms with E-state index in [1.54, 1.807) is 7.05 Å². The molecule has 2 rings (SSSR count). The van der Waals surface area contributed by atoms with E-state index in [9.17, 15) is 0 Å². The Hall–Kier alpha value is -0.820. The van der Waals surface area contributed by atoms with Crippen LogP contribution in [0.2, 0.25) is 0 Å². The van der Waals surface area contributed by atoms with Crippen molar-refractivity contribution in [3.63, 3.8) is 0 Å². The number of guanidine groups is 1. The predicted octanol–water partition coefficient (Wildman–Crippen LogP) is 2.09. The normalized spacial score (nSPS) is 19.3. The zero-order chi connectivity index (χ0) is 12.8. The Labute approximate surface area is 132 Å². The molecule has 0 spiro atoms. The molecule has 5 heteroatoms. The molecular weight excluding hydrogens is 353 g/mol. The zero-order valence-electron chi connectivity index (χ0n) is 11.3. The highest BCUT2D eigenvalue weighted by molar-refractivity contribution is 14.0. The number of nitrogens with two attached hydrogens (primary N) is 1. The first kappa shape index (κ1) is 16.2. The highest BCUT2D eigenvalue weighted by Crippen LogP contribution is 2.16. The first-order valence-electron chi connectivity index (χ1n) is 6.38. The van der Waals surface area contributed by atoms with Crippen molar-refractivity contribution in [2.75, 3.05) is 26.7 Å². The standard InChI is InChI=1S/C14H21N3O.HI/c1-16-14(15)17-8-7-13(9-17)11-18-10-12-5-3-2-4-6-12;/h2-6,13H,7-11H2,1H3,(H2,15,16);1H. The van der Waals surface area contributed by atoms with Gasteiger partial charge in [-0.3, -0.25) is 4.99 Å². The first-order valence-corrected chi connectivity index (χ1v) is 6.38. The minimum atomic E-state index is 0. The molecule has 2 N–H and O–H groups in total. The van der Waals surface area contributed by atoms with E-state index in [0.29, 0.717) is 18.5 Å². The lowest BCUT2D eigenvalue weighted by Crippen LogP contribution is -2.35. The summed E-state index contributed by atoms with van der Waals surface area (Å²) >= 11 is 0. The lowest BCUT2D eigenvalue weighted by molar-refractivity contribution is 0.0907. The highest BCUT2D eigenvalue weighted by atomic mass is 127. The summed E-state index contributed by atoms with van der Waals surface area (Å²) in [5.74, 6) is 1.20. The molecule has 1 aromatic carbocycles. The van der Waals surface area contributed by atoms with E-state index in [1.165, 1.54) is 5.56 Å². The summed E-state index contributed by atoms with van der Waals surface area (Å²) in [5.41, 5.74) is 7.02. The molecule has 0 radical (unpaired) electrons. The van der Waals surface area contributed by atoms with Gasteiger partial charge in [0.15, 0.2) is 5.96 Å². The summed E-state index contributed by atoms with van der Waals surface area (Å²) < 4.78 is 5.76. The van der Waals surface area contributed by atoms with Gasteiger partial charge in [-0.15, -0.1) is 24.0 Å². The second-order valence-electron chi connectivity index (χ2n) is 4.68. The Balaban J connectivity index is 0.00000180. The van der Waals surface area contributed by atoms with Crippen LogP contribution < -0.4 is 5.73 Å². The Kier molecular flexibility index (Phi) is 7.15. The van der Waals surface area contributed by atoms with Crippen molar-refractivity contribution in [1.82, 2.24) is 4.90 Å². The monoisotopic (exact) mass is 375 g/mol. The van der Waals surface area contributed by atoms with E-state index in [2.05, 4.69) is 22.0 Å². The van der Waals surface area contributed by atoms with Crippen molar-refractivity contribution in [2.24, 2.45) is 16.6 Å². The molecule has 19 heavy (non-hydrogen) atoms. The van der Waals surface area contributed by atoms with Crippen LogP contribution in [0.3, 0.4) is 0 Å². The van der Waals surface area contributed by atoms with Crippen LogP contribution in [0.15, 0.2) is 35.3 Å². The van der Waals surface area contributed by atoms with E-state index in [0.717, 1.165) is 26.1 Å². The SMILES string of the molecule is CN=C(N)N1CCC(COCc2ccccc2)C1.I. The topological polar surface area (TPSA) is 50.8 Å². The molecule has 0 amide bonds. The molecule has 0 saturated carbocycles. The number of hydrogen-bond donors (Lipinski definition) is 1. The van der Waals surface area contributed by atoms with Gasteiger partial charge in [0.1, 0.15) is 0 Å². The molecule has 4 nitrogen and oxygen atoms in total. The minimum Gasteiger partial charge on any atom is -0.376 e. The summed E-state index contributed by atoms with van der Waals surface area (Å²) in [6.45, 7) is 3.43. The Bertz CT molecular complexity index is 397. The van der Waals surface area contributed by atoms with E-state index in [-0.39, 0.29) is 24.0 Å². The van der Waals surface area contributed by atoms with Crippen LogP contribution >= 0.6 is 24.0 Å². The third kappa shape index (κ3) is 4.99. The number of nitrogens with zero attached hydrogens (tertiary/aromatic N) is 2. The summed E-state index contributed by atoms with van der Waals surface area (Å²) in [4.78, 5) is 6.13. The van der Waals surface area contributed by atoms with Crippen molar-refractivity contribution in [3.05, 3.63) is 35.9 Å². The van der Waals surface area contributed by atoms with Crippen LogP contribution in [0, 0.1) is 5.92 Å². The van der Waals surface area contributed by atoms with Gasteiger partial charge in [0.2, 0.25) is 0 Å². The van der Waals surface area contributed by atoms with Crippen LogP contribution in [0.1, 0.15) is 12.0 Å². The summed E-state index contributed by atoms with van der Waals surface area (Å²) in [5, 5.41) is 0. The van der Waals surface area contributed by atoms with Crippen LogP contribution in [0.4, 0.5) is 0 Å². The maximum absolute atomic E-state index is 5.80. The number of rotatable bonds is 4. The largest absolute Gasteiger partial charge is 0.376 e. The molecule has 106 valence electrons. The fourth-order valence-corrected chi connectivity index (χ4v) is 2.24. The van der Waals surface area contributed by atoms with Gasteiger partial charge in [0, 0.05) is 26.1 Å². The van der Waals surface area contributed by atoms with E-state index >= 15 is 0 Å². The molecule has 1 unspecified atom stereocenters. The van der Waals surface area contributed by atoms with Gasteiger partial charge < -0.3 is 15.4 Å². The Morgan fingerprint density at radius 1 is 1.42 bits per heavy atom. The van der Waals surface area contributed by atoms with Crippen LogP contribution in [0.5, 0.6) is 0 Å². The molecule has 0 bridgehead atoms. The molecule has 1 fully saturated rings. The van der Waals surface area contributed by atoms with Crippen molar-refractivity contribution >= 4 is 29.9 Å². The van der Waals surface area contributed by atoms with Gasteiger partial charge in [0.25, 0.3) is 0 Å². The average molecular weight is 375 g/mol. The molecular formula is C14H22IN3O. The quantitative estimate of drug-likeness (QED) is 0.498. The average Bonchev–Trinajstić information content (AvgIpc) is 2.88. The summed E-state index contributed by atoms with van der Waals surface area (Å²) in [6.07, 6.45) is 1.13. The van der Waals surface area contributed by atoms with Crippen LogP contribution in [-0.4, -0.2) is 37.6 Å². The molecule has 1 atom stereocenters. The number of ether oxygens (including phenoxy) is 1. The third-order valence-electron chi connectivity index (χ3n) is 3.30. The van der Waals surface area contributed by atoms with Crippen LogP contribution in [0.25, 0.3) is 0 Å². The van der Waals surface area contributed by atoms with Gasteiger partial charge in [-0.25, -0.2) is 0 Å². The van der Waals surface area contributed by atoms with Gasteiger partial charge >= 0.3 is 0 Å². The number of likely N-dealkylation sites (tertiary alicyclic amines) is 1. The van der Waals surface area contributed by atoms with Crippen molar-refractivity contribution in [1.29, 1.82) is 0 Å². The number of halogens is 1. The molecule has 1 saturated heterocycles. The molecule has 1 aliphatic rings. The Morgan fingerprint density at radius 3 is 2.84 bits per heavy atom. The van der Waals surface area contributed by atoms with Gasteiger partial charge in [-0.2, -0.15) is 0 Å². The molecule has 0 aromatic heterocycles. The molecule has 1 aromatic rings. The second-order valence-corrected chi connectivity index (χ2v) is 4.68. The fourth-order valence-electron chi connectivity index (χ4n) is 2.24. The van der Waals surface area contributed by atoms with Gasteiger partial charge in [0.05, 0.1) is 13.2 Å². The molecule has 1 heterocycles. The maximum atomic E-state index is 5.80. The Morgan fingerprint density at radius 2 is 2.16 bits per heavy atom. The summed E-state index contributed by atoms with van der Waals surface area (Å²) in [7, 11) is 1.73. The number of aliphatic imine (C=N–C) groups is 1. The minimum absolute atomic E-state index is 0. The van der Waals surface area contributed by atoms with Gasteiger partial charge in [-0.1, -0.05) is 30.3 Å². The highest BCUT2D eigenvalue weighted by Gasteiger charge is 2.23. The number of benzene rings is 1. The second kappa shape index (κ2) is 8.37. The van der Waals surface area contributed by atoms with Crippen molar-refractivity contribution in [2.45, 2.75) is 13.0 Å². The predicted molar refractivity (Wildman–Crippen MR) is 88.7 cm³/mol. The van der Waals surface area contributed by atoms with Crippen molar-refractivity contribution < 1.29 is 4.74 Å². The smallest absolute Gasteiger partial charge is 0.190 e.